The van der Waals surface area contributed by atoms with Crippen LogP contribution in [0.25, 0.3) is 10.8 Å². The van der Waals surface area contributed by atoms with Gasteiger partial charge in [0.25, 0.3) is 0 Å². The number of rotatable bonds is 1. The Labute approximate surface area is 89.1 Å². The number of nitrogens with zero attached hydrogens (tertiary/aromatic N) is 1. The minimum Gasteiger partial charge on any atom is -0.399 e. The minimum absolute atomic E-state index is 0.698. The molecule has 15 heavy (non-hydrogen) atoms. The zero-order valence-corrected chi connectivity index (χ0v) is 8.62. The van der Waals surface area contributed by atoms with E-state index in [1.807, 2.05) is 18.2 Å². The van der Waals surface area contributed by atoms with E-state index in [2.05, 4.69) is 17.8 Å². The lowest BCUT2D eigenvalue weighted by Crippen LogP contribution is -1.94. The molecule has 2 rings (SSSR count). The lowest BCUT2D eigenvalue weighted by molar-refractivity contribution is 1.15. The smallest absolute Gasteiger partial charge is 0.120 e. The quantitative estimate of drug-likeness (QED) is 0.561. The summed E-state index contributed by atoms with van der Waals surface area (Å²) in [5, 5.41) is 2.12. The van der Waals surface area contributed by atoms with Crippen molar-refractivity contribution in [2.45, 2.75) is 13.3 Å². The number of terminal acetylenes is 1. The summed E-state index contributed by atoms with van der Waals surface area (Å²) in [6, 6.07) is 5.83. The maximum Gasteiger partial charge on any atom is 0.120 e. The van der Waals surface area contributed by atoms with Crippen molar-refractivity contribution in [2.75, 3.05) is 5.73 Å². The second-order valence-electron chi connectivity index (χ2n) is 3.44. The van der Waals surface area contributed by atoms with Crippen molar-refractivity contribution >= 4 is 16.5 Å². The van der Waals surface area contributed by atoms with Gasteiger partial charge in [-0.2, -0.15) is 0 Å². The van der Waals surface area contributed by atoms with Gasteiger partial charge in [0, 0.05) is 17.3 Å². The molecule has 0 radical (unpaired) electrons. The van der Waals surface area contributed by atoms with Crippen LogP contribution in [0.5, 0.6) is 0 Å². The third-order valence-corrected chi connectivity index (χ3v) is 2.49. The van der Waals surface area contributed by atoms with Gasteiger partial charge in [0.15, 0.2) is 0 Å². The number of benzene rings is 1. The summed E-state index contributed by atoms with van der Waals surface area (Å²) in [6.07, 6.45) is 8.06. The van der Waals surface area contributed by atoms with Crippen molar-refractivity contribution in [3.05, 3.63) is 35.7 Å². The Hall–Kier alpha value is -2.01. The molecule has 0 fully saturated rings. The van der Waals surface area contributed by atoms with Gasteiger partial charge >= 0.3 is 0 Å². The van der Waals surface area contributed by atoms with Crippen LogP contribution in [-0.4, -0.2) is 4.98 Å². The number of nitrogen functional groups attached to an aromatic ring is 1. The fourth-order valence-electron chi connectivity index (χ4n) is 1.82. The van der Waals surface area contributed by atoms with Crippen molar-refractivity contribution in [2.24, 2.45) is 0 Å². The van der Waals surface area contributed by atoms with Crippen LogP contribution in [0.2, 0.25) is 0 Å². The normalized spacial score (nSPS) is 10.1. The van der Waals surface area contributed by atoms with Gasteiger partial charge in [0.1, 0.15) is 5.69 Å². The van der Waals surface area contributed by atoms with Crippen LogP contribution in [0.1, 0.15) is 18.2 Å². The Morgan fingerprint density at radius 2 is 2.27 bits per heavy atom. The van der Waals surface area contributed by atoms with Gasteiger partial charge in [-0.15, -0.1) is 6.42 Å². The largest absolute Gasteiger partial charge is 0.399 e. The van der Waals surface area contributed by atoms with Gasteiger partial charge < -0.3 is 5.73 Å². The molecule has 74 valence electrons. The van der Waals surface area contributed by atoms with Crippen molar-refractivity contribution in [3.63, 3.8) is 0 Å². The standard InChI is InChI=1S/C13H12N2/c1-3-9-7-11(14)8-10-5-6-15-12(4-2)13(9)10/h2,5-8H,3,14H2,1H3. The van der Waals surface area contributed by atoms with E-state index in [9.17, 15) is 0 Å². The number of anilines is 1. The molecule has 1 aromatic carbocycles. The Bertz CT molecular complexity index is 550. The van der Waals surface area contributed by atoms with E-state index < -0.39 is 0 Å². The van der Waals surface area contributed by atoms with E-state index >= 15 is 0 Å². The lowest BCUT2D eigenvalue weighted by atomic mass is 10.0. The van der Waals surface area contributed by atoms with Crippen LogP contribution >= 0.6 is 0 Å². The topological polar surface area (TPSA) is 38.9 Å². The van der Waals surface area contributed by atoms with Crippen LogP contribution in [-0.2, 0) is 6.42 Å². The second kappa shape index (κ2) is 3.62. The molecule has 0 atom stereocenters. The highest BCUT2D eigenvalue weighted by Crippen LogP contribution is 2.24. The predicted molar refractivity (Wildman–Crippen MR) is 63.5 cm³/mol. The number of fused-ring (bicyclic) bond motifs is 1. The van der Waals surface area contributed by atoms with Crippen LogP contribution in [0, 0.1) is 12.3 Å². The zero-order chi connectivity index (χ0) is 10.8. The summed E-state index contributed by atoms with van der Waals surface area (Å²) in [7, 11) is 0. The van der Waals surface area contributed by atoms with E-state index in [-0.39, 0.29) is 0 Å². The average molecular weight is 196 g/mol. The molecule has 0 amide bonds. The van der Waals surface area contributed by atoms with E-state index in [0.717, 1.165) is 28.4 Å². The molecule has 0 saturated heterocycles. The highest BCUT2D eigenvalue weighted by atomic mass is 14.7. The summed E-state index contributed by atoms with van der Waals surface area (Å²) in [4.78, 5) is 4.19. The Kier molecular flexibility index (Phi) is 2.31. The van der Waals surface area contributed by atoms with Crippen LogP contribution in [0.15, 0.2) is 24.4 Å². The van der Waals surface area contributed by atoms with Crippen LogP contribution < -0.4 is 5.73 Å². The van der Waals surface area contributed by atoms with Crippen LogP contribution in [0.3, 0.4) is 0 Å². The summed E-state index contributed by atoms with van der Waals surface area (Å²) >= 11 is 0. The molecular formula is C13H12N2. The monoisotopic (exact) mass is 196 g/mol. The molecule has 1 heterocycles. The fourth-order valence-corrected chi connectivity index (χ4v) is 1.82. The van der Waals surface area contributed by atoms with Crippen LogP contribution in [0.4, 0.5) is 5.69 Å². The molecule has 1 aromatic heterocycles. The summed E-state index contributed by atoms with van der Waals surface area (Å²) in [5.74, 6) is 2.61. The number of hydrogen-bond donors (Lipinski definition) is 1. The summed E-state index contributed by atoms with van der Waals surface area (Å²) < 4.78 is 0. The molecular weight excluding hydrogens is 184 g/mol. The van der Waals surface area contributed by atoms with Crippen molar-refractivity contribution in [1.82, 2.24) is 4.98 Å². The minimum atomic E-state index is 0.698. The number of pyridine rings is 1. The first kappa shape index (κ1) is 9.54. The summed E-state index contributed by atoms with van der Waals surface area (Å²) in [6.45, 7) is 2.08. The molecule has 0 bridgehead atoms. The Morgan fingerprint density at radius 1 is 1.47 bits per heavy atom. The van der Waals surface area contributed by atoms with Gasteiger partial charge in [-0.05, 0) is 41.5 Å². The SMILES string of the molecule is C#Cc1nccc2cc(N)cc(CC)c12. The second-order valence-corrected chi connectivity index (χ2v) is 3.44. The first-order chi connectivity index (χ1) is 7.26. The molecule has 0 aliphatic carbocycles. The van der Waals surface area contributed by atoms with Gasteiger partial charge in [-0.1, -0.05) is 6.92 Å². The number of aromatic nitrogens is 1. The average Bonchev–Trinajstić information content (AvgIpc) is 2.26. The fraction of sp³-hybridized carbons (Fsp3) is 0.154. The third kappa shape index (κ3) is 1.53. The predicted octanol–water partition coefficient (Wildman–Crippen LogP) is 2.36. The van der Waals surface area contributed by atoms with E-state index in [4.69, 9.17) is 12.2 Å². The van der Waals surface area contributed by atoms with E-state index in [0.29, 0.717) is 5.69 Å². The van der Waals surface area contributed by atoms with E-state index in [1.54, 1.807) is 6.20 Å². The Balaban J connectivity index is 2.92. The Morgan fingerprint density at radius 3 is 2.93 bits per heavy atom. The molecule has 0 spiro atoms. The first-order valence-corrected chi connectivity index (χ1v) is 4.90. The molecule has 2 N–H and O–H groups in total. The van der Waals surface area contributed by atoms with E-state index in [1.165, 1.54) is 0 Å². The highest BCUT2D eigenvalue weighted by molar-refractivity contribution is 5.92. The van der Waals surface area contributed by atoms with Crippen molar-refractivity contribution in [3.8, 4) is 12.3 Å². The number of hydrogen-bond acceptors (Lipinski definition) is 2. The third-order valence-electron chi connectivity index (χ3n) is 2.49. The van der Waals surface area contributed by atoms with Gasteiger partial charge in [0.05, 0.1) is 0 Å². The molecule has 2 aromatic rings. The molecule has 2 heteroatoms. The van der Waals surface area contributed by atoms with Gasteiger partial charge in [-0.3, -0.25) is 0 Å². The molecule has 0 saturated carbocycles. The van der Waals surface area contributed by atoms with Crippen molar-refractivity contribution < 1.29 is 0 Å². The zero-order valence-electron chi connectivity index (χ0n) is 8.62. The number of aryl methyl sites for hydroxylation is 1. The molecule has 2 nitrogen and oxygen atoms in total. The number of nitrogens with two attached hydrogens (primary N) is 1. The van der Waals surface area contributed by atoms with Gasteiger partial charge in [-0.25, -0.2) is 4.98 Å². The lowest BCUT2D eigenvalue weighted by Gasteiger charge is -2.07. The highest BCUT2D eigenvalue weighted by Gasteiger charge is 2.05. The van der Waals surface area contributed by atoms with Crippen molar-refractivity contribution in [1.29, 1.82) is 0 Å². The summed E-state index contributed by atoms with van der Waals surface area (Å²) in [5.41, 5.74) is 8.45. The maximum absolute atomic E-state index is 5.82. The molecule has 0 aliphatic heterocycles. The van der Waals surface area contributed by atoms with Gasteiger partial charge in [0.2, 0.25) is 0 Å². The first-order valence-electron chi connectivity index (χ1n) is 4.90. The molecule has 0 aliphatic rings. The molecule has 0 unspecified atom stereocenters. The maximum atomic E-state index is 5.82.